The summed E-state index contributed by atoms with van der Waals surface area (Å²) in [5.41, 5.74) is 0.861. The Balaban J connectivity index is 2.24. The molecule has 0 bridgehead atoms. The van der Waals surface area contributed by atoms with Crippen molar-refractivity contribution in [2.24, 2.45) is 0 Å². The third-order valence-electron chi connectivity index (χ3n) is 2.68. The maximum atomic E-state index is 6.14. The van der Waals surface area contributed by atoms with Crippen molar-refractivity contribution in [3.63, 3.8) is 0 Å². The van der Waals surface area contributed by atoms with Crippen LogP contribution in [0.3, 0.4) is 0 Å². The predicted molar refractivity (Wildman–Crippen MR) is 84.8 cm³/mol. The van der Waals surface area contributed by atoms with Gasteiger partial charge in [0, 0.05) is 11.0 Å². The number of hydrogen-bond donors (Lipinski definition) is 1. The second-order valence-corrected chi connectivity index (χ2v) is 5.58. The summed E-state index contributed by atoms with van der Waals surface area (Å²) in [6.45, 7) is 4.87. The maximum Gasteiger partial charge on any atom is 0.227 e. The first kappa shape index (κ1) is 15.1. The van der Waals surface area contributed by atoms with Crippen LogP contribution in [0.4, 0.5) is 5.82 Å². The molecule has 0 fully saturated rings. The molecule has 0 saturated heterocycles. The van der Waals surface area contributed by atoms with E-state index in [9.17, 15) is 0 Å². The third-order valence-corrected chi connectivity index (χ3v) is 3.47. The molecule has 2 aromatic rings. The highest BCUT2D eigenvalue weighted by molar-refractivity contribution is 9.10. The van der Waals surface area contributed by atoms with Crippen LogP contribution in [0.1, 0.15) is 18.9 Å². The van der Waals surface area contributed by atoms with Gasteiger partial charge in [-0.15, -0.1) is 0 Å². The molecule has 6 heteroatoms. The van der Waals surface area contributed by atoms with Crippen LogP contribution < -0.4 is 10.1 Å². The number of ether oxygens (including phenoxy) is 1. The van der Waals surface area contributed by atoms with Crippen LogP contribution in [0.15, 0.2) is 29.0 Å². The molecule has 20 heavy (non-hydrogen) atoms. The summed E-state index contributed by atoms with van der Waals surface area (Å²) in [6, 6.07) is 5.45. The molecule has 1 N–H and O–H groups in total. The summed E-state index contributed by atoms with van der Waals surface area (Å²) in [4.78, 5) is 8.37. The minimum atomic E-state index is 0.503. The van der Waals surface area contributed by atoms with Crippen LogP contribution in [-0.2, 0) is 0 Å². The zero-order valence-corrected chi connectivity index (χ0v) is 13.6. The van der Waals surface area contributed by atoms with Gasteiger partial charge < -0.3 is 10.1 Å². The number of halogens is 2. The van der Waals surface area contributed by atoms with Crippen LogP contribution in [0.2, 0.25) is 5.02 Å². The second kappa shape index (κ2) is 6.90. The van der Waals surface area contributed by atoms with Crippen molar-refractivity contribution in [3.05, 3.63) is 39.6 Å². The molecule has 0 radical (unpaired) electrons. The lowest BCUT2D eigenvalue weighted by molar-refractivity contribution is 0.458. The molecular weight excluding hydrogens is 342 g/mol. The standard InChI is InChI=1S/C14H15BrClN3O/c1-3-6-17-13-9(2)14(19-8-18-13)20-12-5-4-10(15)7-11(12)16/h4-5,7-8H,3,6H2,1-2H3,(H,17,18,19). The Morgan fingerprint density at radius 3 is 2.85 bits per heavy atom. The van der Waals surface area contributed by atoms with E-state index >= 15 is 0 Å². The van der Waals surface area contributed by atoms with Crippen LogP contribution in [0.5, 0.6) is 11.6 Å². The molecule has 106 valence electrons. The van der Waals surface area contributed by atoms with Gasteiger partial charge in [0.05, 0.1) is 10.6 Å². The van der Waals surface area contributed by atoms with Gasteiger partial charge in [0.15, 0.2) is 0 Å². The molecule has 4 nitrogen and oxygen atoms in total. The fraction of sp³-hybridized carbons (Fsp3) is 0.286. The van der Waals surface area contributed by atoms with Gasteiger partial charge in [-0.1, -0.05) is 34.5 Å². The minimum absolute atomic E-state index is 0.503. The van der Waals surface area contributed by atoms with Crippen molar-refractivity contribution < 1.29 is 4.74 Å². The van der Waals surface area contributed by atoms with Crippen LogP contribution in [0.25, 0.3) is 0 Å². The van der Waals surface area contributed by atoms with Gasteiger partial charge >= 0.3 is 0 Å². The highest BCUT2D eigenvalue weighted by Crippen LogP contribution is 2.33. The van der Waals surface area contributed by atoms with E-state index in [1.807, 2.05) is 13.0 Å². The van der Waals surface area contributed by atoms with Crippen molar-refractivity contribution in [2.45, 2.75) is 20.3 Å². The molecule has 0 amide bonds. The summed E-state index contributed by atoms with van der Waals surface area (Å²) < 4.78 is 6.67. The van der Waals surface area contributed by atoms with Crippen molar-refractivity contribution in [1.29, 1.82) is 0 Å². The Bertz CT molecular complexity index is 607. The number of aromatic nitrogens is 2. The Hall–Kier alpha value is -1.33. The highest BCUT2D eigenvalue weighted by Gasteiger charge is 2.11. The van der Waals surface area contributed by atoms with E-state index in [0.29, 0.717) is 16.7 Å². The zero-order chi connectivity index (χ0) is 14.5. The monoisotopic (exact) mass is 355 g/mol. The van der Waals surface area contributed by atoms with Gasteiger partial charge in [-0.3, -0.25) is 0 Å². The van der Waals surface area contributed by atoms with Gasteiger partial charge in [0.25, 0.3) is 0 Å². The van der Waals surface area contributed by atoms with Gasteiger partial charge in [-0.05, 0) is 31.5 Å². The lowest BCUT2D eigenvalue weighted by Crippen LogP contribution is -2.05. The van der Waals surface area contributed by atoms with Crippen LogP contribution >= 0.6 is 27.5 Å². The molecule has 0 aliphatic carbocycles. The van der Waals surface area contributed by atoms with Crippen molar-refractivity contribution in [3.8, 4) is 11.6 Å². The lowest BCUT2D eigenvalue weighted by Gasteiger charge is -2.12. The molecule has 0 saturated carbocycles. The highest BCUT2D eigenvalue weighted by atomic mass is 79.9. The molecule has 0 aliphatic rings. The first-order valence-corrected chi connectivity index (χ1v) is 7.47. The second-order valence-electron chi connectivity index (χ2n) is 4.26. The molecule has 0 atom stereocenters. The molecule has 1 aromatic carbocycles. The number of benzene rings is 1. The molecule has 0 aliphatic heterocycles. The summed E-state index contributed by atoms with van der Waals surface area (Å²) in [5, 5.41) is 3.77. The van der Waals surface area contributed by atoms with E-state index in [0.717, 1.165) is 28.8 Å². The normalized spacial score (nSPS) is 10.4. The average Bonchev–Trinajstić information content (AvgIpc) is 2.42. The van der Waals surface area contributed by atoms with Gasteiger partial charge in [0.2, 0.25) is 5.88 Å². The smallest absolute Gasteiger partial charge is 0.227 e. The summed E-state index contributed by atoms with van der Waals surface area (Å²) in [6.07, 6.45) is 2.51. The van der Waals surface area contributed by atoms with Gasteiger partial charge in [-0.25, -0.2) is 9.97 Å². The number of rotatable bonds is 5. The van der Waals surface area contributed by atoms with Crippen molar-refractivity contribution in [1.82, 2.24) is 9.97 Å². The number of nitrogens with one attached hydrogen (secondary N) is 1. The summed E-state index contributed by atoms with van der Waals surface area (Å²) in [5.74, 6) is 1.85. The first-order valence-electron chi connectivity index (χ1n) is 6.30. The molecule has 2 rings (SSSR count). The molecule has 0 spiro atoms. The third kappa shape index (κ3) is 3.61. The Morgan fingerprint density at radius 2 is 2.15 bits per heavy atom. The van der Waals surface area contributed by atoms with E-state index in [2.05, 4.69) is 38.1 Å². The topological polar surface area (TPSA) is 47.0 Å². The van der Waals surface area contributed by atoms with E-state index in [4.69, 9.17) is 16.3 Å². The first-order chi connectivity index (χ1) is 9.61. The van der Waals surface area contributed by atoms with Crippen LogP contribution in [-0.4, -0.2) is 16.5 Å². The van der Waals surface area contributed by atoms with Gasteiger partial charge in [-0.2, -0.15) is 0 Å². The fourth-order valence-electron chi connectivity index (χ4n) is 1.62. The molecule has 1 heterocycles. The summed E-state index contributed by atoms with van der Waals surface area (Å²) in [7, 11) is 0. The van der Waals surface area contributed by atoms with E-state index in [1.54, 1.807) is 12.1 Å². The number of anilines is 1. The minimum Gasteiger partial charge on any atom is -0.437 e. The molecule has 1 aromatic heterocycles. The quantitative estimate of drug-likeness (QED) is 0.834. The molecular formula is C14H15BrClN3O. The van der Waals surface area contributed by atoms with E-state index in [1.165, 1.54) is 6.33 Å². The van der Waals surface area contributed by atoms with Crippen molar-refractivity contribution >= 4 is 33.3 Å². The maximum absolute atomic E-state index is 6.14. The van der Waals surface area contributed by atoms with Crippen molar-refractivity contribution in [2.75, 3.05) is 11.9 Å². The zero-order valence-electron chi connectivity index (χ0n) is 11.3. The lowest BCUT2D eigenvalue weighted by atomic mass is 10.3. The van der Waals surface area contributed by atoms with Crippen LogP contribution in [0, 0.1) is 6.92 Å². The fourth-order valence-corrected chi connectivity index (χ4v) is 2.33. The predicted octanol–water partition coefficient (Wildman–Crippen LogP) is 4.82. The SMILES string of the molecule is CCCNc1ncnc(Oc2ccc(Br)cc2Cl)c1C. The summed E-state index contributed by atoms with van der Waals surface area (Å²) >= 11 is 9.50. The van der Waals surface area contributed by atoms with E-state index in [-0.39, 0.29) is 0 Å². The Labute approximate surface area is 131 Å². The number of hydrogen-bond acceptors (Lipinski definition) is 4. The Kier molecular flexibility index (Phi) is 5.20. The van der Waals surface area contributed by atoms with Gasteiger partial charge in [0.1, 0.15) is 17.9 Å². The number of nitrogens with zero attached hydrogens (tertiary/aromatic N) is 2. The molecule has 0 unspecified atom stereocenters. The Morgan fingerprint density at radius 1 is 1.35 bits per heavy atom. The largest absolute Gasteiger partial charge is 0.437 e. The van der Waals surface area contributed by atoms with E-state index < -0.39 is 0 Å². The average molecular weight is 357 g/mol.